The van der Waals surface area contributed by atoms with Crippen molar-refractivity contribution in [1.82, 2.24) is 10.6 Å². The molecule has 0 radical (unpaired) electrons. The van der Waals surface area contributed by atoms with E-state index in [0.717, 1.165) is 16.9 Å². The maximum atomic E-state index is 12.2. The summed E-state index contributed by atoms with van der Waals surface area (Å²) in [5, 5.41) is 8.36. The maximum Gasteiger partial charge on any atom is 0.407 e. The summed E-state index contributed by atoms with van der Waals surface area (Å²) in [7, 11) is 1.60. The molecule has 3 amide bonds. The number of methoxy groups -OCH3 is 1. The summed E-state index contributed by atoms with van der Waals surface area (Å²) in [6.07, 6.45) is 0.180. The molecule has 29 heavy (non-hydrogen) atoms. The molecule has 156 valence electrons. The maximum absolute atomic E-state index is 12.2. The molecule has 0 saturated carbocycles. The summed E-state index contributed by atoms with van der Waals surface area (Å²) >= 11 is 0. The number of hydrogen-bond donors (Lipinski definition) is 3. The fourth-order valence-corrected chi connectivity index (χ4v) is 2.63. The summed E-state index contributed by atoms with van der Waals surface area (Å²) in [6.45, 7) is 6.26. The van der Waals surface area contributed by atoms with E-state index in [-0.39, 0.29) is 6.03 Å². The number of benzene rings is 2. The van der Waals surface area contributed by atoms with Gasteiger partial charge in [-0.25, -0.2) is 9.59 Å². The standard InChI is InChI=1S/C22H29N3O4/c1-22(2,3)29-21(27)23-13-12-16-8-7-10-18(14-16)25-20(26)24-15-17-9-5-6-11-19(17)28-4/h5-11,14H,12-13,15H2,1-4H3,(H,23,27)(H2,24,25,26). The lowest BCUT2D eigenvalue weighted by Gasteiger charge is -2.19. The highest BCUT2D eigenvalue weighted by Gasteiger charge is 2.15. The van der Waals surface area contributed by atoms with E-state index in [2.05, 4.69) is 16.0 Å². The highest BCUT2D eigenvalue weighted by Crippen LogP contribution is 2.17. The second-order valence-corrected chi connectivity index (χ2v) is 7.50. The quantitative estimate of drug-likeness (QED) is 0.654. The van der Waals surface area contributed by atoms with Gasteiger partial charge in [0, 0.05) is 24.3 Å². The van der Waals surface area contributed by atoms with Gasteiger partial charge < -0.3 is 25.4 Å². The number of alkyl carbamates (subject to hydrolysis) is 1. The molecule has 3 N–H and O–H groups in total. The SMILES string of the molecule is COc1ccccc1CNC(=O)Nc1cccc(CCNC(=O)OC(C)(C)C)c1. The molecule has 0 aromatic heterocycles. The molecule has 0 bridgehead atoms. The van der Waals surface area contributed by atoms with E-state index >= 15 is 0 Å². The van der Waals surface area contributed by atoms with Crippen LogP contribution in [0.25, 0.3) is 0 Å². The van der Waals surface area contributed by atoms with Crippen molar-refractivity contribution in [1.29, 1.82) is 0 Å². The minimum atomic E-state index is -0.523. The van der Waals surface area contributed by atoms with Gasteiger partial charge in [-0.15, -0.1) is 0 Å². The zero-order valence-corrected chi connectivity index (χ0v) is 17.4. The van der Waals surface area contributed by atoms with Crippen LogP contribution in [0.3, 0.4) is 0 Å². The van der Waals surface area contributed by atoms with E-state index < -0.39 is 11.7 Å². The van der Waals surface area contributed by atoms with Crippen LogP contribution in [0.2, 0.25) is 0 Å². The van der Waals surface area contributed by atoms with Crippen molar-refractivity contribution in [3.8, 4) is 5.75 Å². The Morgan fingerprint density at radius 1 is 1.00 bits per heavy atom. The van der Waals surface area contributed by atoms with Crippen molar-refractivity contribution in [3.63, 3.8) is 0 Å². The average Bonchev–Trinajstić information content (AvgIpc) is 2.65. The fourth-order valence-electron chi connectivity index (χ4n) is 2.63. The Morgan fingerprint density at radius 2 is 1.76 bits per heavy atom. The summed E-state index contributed by atoms with van der Waals surface area (Å²) in [5.41, 5.74) is 2.04. The smallest absolute Gasteiger partial charge is 0.407 e. The van der Waals surface area contributed by atoms with E-state index in [1.54, 1.807) is 7.11 Å². The van der Waals surface area contributed by atoms with Crippen molar-refractivity contribution in [2.24, 2.45) is 0 Å². The summed E-state index contributed by atoms with van der Waals surface area (Å²) in [4.78, 5) is 23.9. The van der Waals surface area contributed by atoms with E-state index in [4.69, 9.17) is 9.47 Å². The first-order valence-electron chi connectivity index (χ1n) is 9.49. The molecular weight excluding hydrogens is 370 g/mol. The van der Waals surface area contributed by atoms with Crippen molar-refractivity contribution in [3.05, 3.63) is 59.7 Å². The molecule has 0 aliphatic carbocycles. The lowest BCUT2D eigenvalue weighted by atomic mass is 10.1. The predicted octanol–water partition coefficient (Wildman–Crippen LogP) is 4.08. The van der Waals surface area contributed by atoms with Crippen molar-refractivity contribution in [2.75, 3.05) is 19.0 Å². The Balaban J connectivity index is 1.81. The van der Waals surface area contributed by atoms with Gasteiger partial charge in [0.05, 0.1) is 7.11 Å². The Hall–Kier alpha value is -3.22. The van der Waals surface area contributed by atoms with Gasteiger partial charge in [-0.1, -0.05) is 30.3 Å². The molecule has 2 aromatic rings. The van der Waals surface area contributed by atoms with Crippen LogP contribution >= 0.6 is 0 Å². The highest BCUT2D eigenvalue weighted by atomic mass is 16.6. The van der Waals surface area contributed by atoms with Crippen LogP contribution in [0.1, 0.15) is 31.9 Å². The Bertz CT molecular complexity index is 831. The number of carbonyl (C=O) groups is 2. The van der Waals surface area contributed by atoms with Gasteiger partial charge in [-0.3, -0.25) is 0 Å². The van der Waals surface area contributed by atoms with Crippen LogP contribution in [-0.2, 0) is 17.7 Å². The molecule has 0 spiro atoms. The third-order valence-corrected chi connectivity index (χ3v) is 3.90. The predicted molar refractivity (Wildman–Crippen MR) is 113 cm³/mol. The molecule has 2 rings (SSSR count). The number of amides is 3. The van der Waals surface area contributed by atoms with Crippen molar-refractivity contribution >= 4 is 17.8 Å². The number of hydrogen-bond acceptors (Lipinski definition) is 4. The minimum absolute atomic E-state index is 0.306. The number of nitrogens with one attached hydrogen (secondary N) is 3. The van der Waals surface area contributed by atoms with Gasteiger partial charge >= 0.3 is 12.1 Å². The van der Waals surface area contributed by atoms with Gasteiger partial charge in [-0.2, -0.15) is 0 Å². The largest absolute Gasteiger partial charge is 0.496 e. The molecule has 0 aliphatic rings. The number of ether oxygens (including phenoxy) is 2. The van der Waals surface area contributed by atoms with Gasteiger partial charge in [0.15, 0.2) is 0 Å². The lowest BCUT2D eigenvalue weighted by Crippen LogP contribution is -2.33. The van der Waals surface area contributed by atoms with Crippen molar-refractivity contribution < 1.29 is 19.1 Å². The second-order valence-electron chi connectivity index (χ2n) is 7.50. The fraction of sp³-hybridized carbons (Fsp3) is 0.364. The second kappa shape index (κ2) is 10.4. The first-order valence-corrected chi connectivity index (χ1v) is 9.49. The molecule has 0 aliphatic heterocycles. The third kappa shape index (κ3) is 8.13. The average molecular weight is 399 g/mol. The Labute approximate surface area is 171 Å². The zero-order valence-electron chi connectivity index (χ0n) is 17.4. The van der Waals surface area contributed by atoms with Crippen LogP contribution in [0, 0.1) is 0 Å². The van der Waals surface area contributed by atoms with Crippen LogP contribution < -0.4 is 20.7 Å². The number of rotatable bonds is 7. The number of anilines is 1. The van der Waals surface area contributed by atoms with E-state index in [1.165, 1.54) is 0 Å². The first kappa shape index (κ1) is 22.1. The normalized spacial score (nSPS) is 10.8. The van der Waals surface area contributed by atoms with Crippen LogP contribution in [0.5, 0.6) is 5.75 Å². The van der Waals surface area contributed by atoms with Gasteiger partial charge in [0.25, 0.3) is 0 Å². The number of para-hydroxylation sites is 1. The molecule has 0 atom stereocenters. The molecular formula is C22H29N3O4. The van der Waals surface area contributed by atoms with Gasteiger partial charge in [-0.05, 0) is 51.0 Å². The van der Waals surface area contributed by atoms with E-state index in [9.17, 15) is 9.59 Å². The summed E-state index contributed by atoms with van der Waals surface area (Å²) < 4.78 is 10.5. The topological polar surface area (TPSA) is 88.7 Å². The molecule has 0 saturated heterocycles. The van der Waals surface area contributed by atoms with E-state index in [1.807, 2.05) is 69.3 Å². The molecule has 7 nitrogen and oxygen atoms in total. The number of urea groups is 1. The molecule has 7 heteroatoms. The summed E-state index contributed by atoms with van der Waals surface area (Å²) in [5.74, 6) is 0.729. The van der Waals surface area contributed by atoms with Crippen LogP contribution in [-0.4, -0.2) is 31.4 Å². The lowest BCUT2D eigenvalue weighted by molar-refractivity contribution is 0.0528. The van der Waals surface area contributed by atoms with Crippen LogP contribution in [0.4, 0.5) is 15.3 Å². The van der Waals surface area contributed by atoms with E-state index in [0.29, 0.717) is 25.2 Å². The van der Waals surface area contributed by atoms with Gasteiger partial charge in [0.1, 0.15) is 11.4 Å². The van der Waals surface area contributed by atoms with Crippen molar-refractivity contribution in [2.45, 2.75) is 39.3 Å². The summed E-state index contributed by atoms with van der Waals surface area (Å²) in [6, 6.07) is 14.7. The first-order chi connectivity index (χ1) is 13.8. The Morgan fingerprint density at radius 3 is 2.48 bits per heavy atom. The minimum Gasteiger partial charge on any atom is -0.496 e. The monoisotopic (exact) mass is 399 g/mol. The molecule has 2 aromatic carbocycles. The molecule has 0 unspecified atom stereocenters. The molecule has 0 heterocycles. The van der Waals surface area contributed by atoms with Crippen LogP contribution in [0.15, 0.2) is 48.5 Å². The Kier molecular flexibility index (Phi) is 7.88. The third-order valence-electron chi connectivity index (χ3n) is 3.90. The molecule has 0 fully saturated rings. The zero-order chi connectivity index (χ0) is 21.3. The number of carbonyl (C=O) groups excluding carboxylic acids is 2. The highest BCUT2D eigenvalue weighted by molar-refractivity contribution is 5.89. The van der Waals surface area contributed by atoms with Gasteiger partial charge in [0.2, 0.25) is 0 Å².